The van der Waals surface area contributed by atoms with E-state index < -0.39 is 0 Å². The molecule has 0 fully saturated rings. The monoisotopic (exact) mass is 271 g/mol. The maximum Gasteiger partial charge on any atom is 0.178 e. The molecule has 0 spiro atoms. The molecule has 0 saturated carbocycles. The van der Waals surface area contributed by atoms with Crippen molar-refractivity contribution in [2.24, 2.45) is 0 Å². The summed E-state index contributed by atoms with van der Waals surface area (Å²) in [4.78, 5) is 0. The molecule has 0 amide bonds. The van der Waals surface area contributed by atoms with Crippen LogP contribution in [0.4, 0.5) is 5.82 Å². The lowest BCUT2D eigenvalue weighted by Crippen LogP contribution is -1.91. The molecule has 0 aliphatic carbocycles. The Balaban J connectivity index is 2.11. The molecule has 20 heavy (non-hydrogen) atoms. The van der Waals surface area contributed by atoms with Crippen LogP contribution in [-0.2, 0) is 6.42 Å². The van der Waals surface area contributed by atoms with E-state index in [1.54, 1.807) is 0 Å². The van der Waals surface area contributed by atoms with Crippen molar-refractivity contribution in [3.8, 4) is 16.9 Å². The first-order chi connectivity index (χ1) is 9.66. The quantitative estimate of drug-likeness (QED) is 0.732. The zero-order valence-electron chi connectivity index (χ0n) is 11.2. The van der Waals surface area contributed by atoms with Crippen LogP contribution in [0.2, 0.25) is 0 Å². The largest absolute Gasteiger partial charge is 0.492 e. The van der Waals surface area contributed by atoms with Crippen LogP contribution in [-0.4, -0.2) is 16.9 Å². The minimum Gasteiger partial charge on any atom is -0.492 e. The summed E-state index contributed by atoms with van der Waals surface area (Å²) in [5, 5.41) is 8.60. The predicted molar refractivity (Wildman–Crippen MR) is 72.6 cm³/mol. The van der Waals surface area contributed by atoms with Crippen LogP contribution in [0.1, 0.15) is 17.0 Å². The predicted octanol–water partition coefficient (Wildman–Crippen LogP) is 2.62. The van der Waals surface area contributed by atoms with Crippen molar-refractivity contribution in [2.45, 2.75) is 20.3 Å². The molecule has 0 saturated heterocycles. The third-order valence-electron chi connectivity index (χ3n) is 3.75. The van der Waals surface area contributed by atoms with Crippen LogP contribution in [0, 0.1) is 13.8 Å². The highest BCUT2D eigenvalue weighted by Gasteiger charge is 2.27. The van der Waals surface area contributed by atoms with Gasteiger partial charge in [0.2, 0.25) is 0 Å². The Labute approximate surface area is 114 Å². The van der Waals surface area contributed by atoms with Crippen LogP contribution in [0.5, 0.6) is 5.75 Å². The summed E-state index contributed by atoms with van der Waals surface area (Å²) in [5.41, 5.74) is 10.5. The summed E-state index contributed by atoms with van der Waals surface area (Å²) in [7, 11) is 0. The lowest BCUT2D eigenvalue weighted by atomic mass is 9.95. The molecular formula is C14H13N3O3. The average molecular weight is 271 g/mol. The van der Waals surface area contributed by atoms with Crippen LogP contribution in [0.25, 0.3) is 22.1 Å². The summed E-state index contributed by atoms with van der Waals surface area (Å²) in [6.45, 7) is 4.46. The molecule has 0 radical (unpaired) electrons. The zero-order valence-corrected chi connectivity index (χ0v) is 11.2. The highest BCUT2D eigenvalue weighted by atomic mass is 16.5. The molecule has 1 aliphatic heterocycles. The van der Waals surface area contributed by atoms with Crippen molar-refractivity contribution in [1.29, 1.82) is 0 Å². The van der Waals surface area contributed by atoms with Gasteiger partial charge in [-0.1, -0.05) is 10.3 Å². The van der Waals surface area contributed by atoms with E-state index >= 15 is 0 Å². The number of fused-ring (bicyclic) bond motifs is 3. The minimum atomic E-state index is 0.364. The standard InChI is InChI=1S/C14H13N3O3/c1-6-11(7(2)19-16-6)9-5-10-12(14(15)17-20-10)13-8(9)3-4-18-13/h5H,3-4H2,1-2H3,(H2,15,17). The van der Waals surface area contributed by atoms with Crippen molar-refractivity contribution in [2.75, 3.05) is 12.3 Å². The molecule has 6 heteroatoms. The number of hydrogen-bond donors (Lipinski definition) is 1. The maximum absolute atomic E-state index is 5.86. The van der Waals surface area contributed by atoms with Crippen molar-refractivity contribution in [1.82, 2.24) is 10.3 Å². The van der Waals surface area contributed by atoms with Crippen LogP contribution >= 0.6 is 0 Å². The zero-order chi connectivity index (χ0) is 13.9. The van der Waals surface area contributed by atoms with Crippen LogP contribution in [0.3, 0.4) is 0 Å². The Morgan fingerprint density at radius 3 is 2.80 bits per heavy atom. The summed E-state index contributed by atoms with van der Waals surface area (Å²) >= 11 is 0. The van der Waals surface area contributed by atoms with Gasteiger partial charge in [-0.2, -0.15) is 0 Å². The number of nitrogen functional groups attached to an aromatic ring is 1. The Bertz CT molecular complexity index is 812. The second-order valence-corrected chi connectivity index (χ2v) is 4.97. The second-order valence-electron chi connectivity index (χ2n) is 4.97. The molecule has 6 nitrogen and oxygen atoms in total. The van der Waals surface area contributed by atoms with Crippen LogP contribution < -0.4 is 10.5 Å². The van der Waals surface area contributed by atoms with E-state index in [1.807, 2.05) is 19.9 Å². The lowest BCUT2D eigenvalue weighted by molar-refractivity contribution is 0.360. The summed E-state index contributed by atoms with van der Waals surface area (Å²) < 4.78 is 16.3. The van der Waals surface area contributed by atoms with Crippen molar-refractivity contribution >= 4 is 16.8 Å². The second kappa shape index (κ2) is 3.75. The normalized spacial score (nSPS) is 13.7. The van der Waals surface area contributed by atoms with Gasteiger partial charge in [0.25, 0.3) is 0 Å². The molecule has 0 bridgehead atoms. The minimum absolute atomic E-state index is 0.364. The lowest BCUT2D eigenvalue weighted by Gasteiger charge is -2.07. The first-order valence-electron chi connectivity index (χ1n) is 6.43. The van der Waals surface area contributed by atoms with E-state index in [1.165, 1.54) is 0 Å². The van der Waals surface area contributed by atoms with E-state index in [4.69, 9.17) is 19.5 Å². The van der Waals surface area contributed by atoms with E-state index in [2.05, 4.69) is 10.3 Å². The molecule has 3 aromatic rings. The molecule has 1 aliphatic rings. The van der Waals surface area contributed by atoms with Crippen molar-refractivity contribution < 1.29 is 13.8 Å². The van der Waals surface area contributed by atoms with Gasteiger partial charge in [0, 0.05) is 17.5 Å². The highest BCUT2D eigenvalue weighted by Crippen LogP contribution is 2.44. The van der Waals surface area contributed by atoms with Gasteiger partial charge in [0.15, 0.2) is 11.4 Å². The topological polar surface area (TPSA) is 87.3 Å². The molecule has 1 aromatic carbocycles. The van der Waals surface area contributed by atoms with Crippen LogP contribution in [0.15, 0.2) is 15.1 Å². The van der Waals surface area contributed by atoms with Gasteiger partial charge in [-0.05, 0) is 25.5 Å². The van der Waals surface area contributed by atoms with E-state index in [-0.39, 0.29) is 0 Å². The van der Waals surface area contributed by atoms with Gasteiger partial charge < -0.3 is 19.5 Å². The van der Waals surface area contributed by atoms with Gasteiger partial charge >= 0.3 is 0 Å². The van der Waals surface area contributed by atoms with Gasteiger partial charge in [-0.3, -0.25) is 0 Å². The number of ether oxygens (including phenoxy) is 1. The Hall–Kier alpha value is -2.50. The molecule has 102 valence electrons. The molecule has 3 heterocycles. The number of benzene rings is 1. The highest BCUT2D eigenvalue weighted by molar-refractivity contribution is 5.98. The molecule has 2 aromatic heterocycles. The number of hydrogen-bond acceptors (Lipinski definition) is 6. The van der Waals surface area contributed by atoms with Gasteiger partial charge in [0.1, 0.15) is 16.9 Å². The third-order valence-corrected chi connectivity index (χ3v) is 3.75. The smallest absolute Gasteiger partial charge is 0.178 e. The van der Waals surface area contributed by atoms with E-state index in [0.717, 1.165) is 45.7 Å². The molecule has 2 N–H and O–H groups in total. The first kappa shape index (κ1) is 11.3. The number of aryl methyl sites for hydroxylation is 2. The maximum atomic E-state index is 5.86. The molecule has 0 unspecified atom stereocenters. The first-order valence-corrected chi connectivity index (χ1v) is 6.43. The van der Waals surface area contributed by atoms with Gasteiger partial charge in [-0.15, -0.1) is 0 Å². The Kier molecular flexibility index (Phi) is 2.13. The fourth-order valence-electron chi connectivity index (χ4n) is 2.89. The fraction of sp³-hybridized carbons (Fsp3) is 0.286. The number of aromatic nitrogens is 2. The molecule has 4 rings (SSSR count). The Morgan fingerprint density at radius 2 is 2.05 bits per heavy atom. The van der Waals surface area contributed by atoms with E-state index in [0.29, 0.717) is 18.0 Å². The van der Waals surface area contributed by atoms with Crippen molar-refractivity contribution in [3.63, 3.8) is 0 Å². The summed E-state index contributed by atoms with van der Waals surface area (Å²) in [6.07, 6.45) is 0.829. The Morgan fingerprint density at radius 1 is 1.20 bits per heavy atom. The SMILES string of the molecule is Cc1noc(C)c1-c1cc2onc(N)c2c2c1CCO2. The van der Waals surface area contributed by atoms with E-state index in [9.17, 15) is 0 Å². The summed E-state index contributed by atoms with van der Waals surface area (Å²) in [6, 6.07) is 1.94. The number of nitrogens with two attached hydrogens (primary N) is 1. The number of anilines is 1. The average Bonchev–Trinajstić information content (AvgIpc) is 3.10. The van der Waals surface area contributed by atoms with Gasteiger partial charge in [-0.25, -0.2) is 0 Å². The summed E-state index contributed by atoms with van der Waals surface area (Å²) in [5.74, 6) is 1.92. The van der Waals surface area contributed by atoms with Gasteiger partial charge in [0.05, 0.1) is 12.3 Å². The molecule has 0 atom stereocenters. The number of rotatable bonds is 1. The fourth-order valence-corrected chi connectivity index (χ4v) is 2.89. The van der Waals surface area contributed by atoms with Crippen molar-refractivity contribution in [3.05, 3.63) is 23.1 Å². The number of nitrogens with zero attached hydrogens (tertiary/aromatic N) is 2. The third kappa shape index (κ3) is 1.33. The molecular weight excluding hydrogens is 258 g/mol.